The van der Waals surface area contributed by atoms with Gasteiger partial charge in [-0.25, -0.2) is 0 Å². The molecule has 2 rings (SSSR count). The average Bonchev–Trinajstić information content (AvgIpc) is 2.72. The first kappa shape index (κ1) is 13.0. The van der Waals surface area contributed by atoms with Crippen LogP contribution in [0.2, 0.25) is 0 Å². The van der Waals surface area contributed by atoms with Crippen LogP contribution in [0.25, 0.3) is 10.9 Å². The molecule has 1 aromatic carbocycles. The monoisotopic (exact) mass is 312 g/mol. The molecule has 18 heavy (non-hydrogen) atoms. The summed E-state index contributed by atoms with van der Waals surface area (Å²) in [6.45, 7) is 3.62. The summed E-state index contributed by atoms with van der Waals surface area (Å²) in [6.07, 6.45) is 3.06. The van der Waals surface area contributed by atoms with Crippen molar-refractivity contribution in [3.63, 3.8) is 0 Å². The summed E-state index contributed by atoms with van der Waals surface area (Å²) in [5, 5.41) is 0.889. The lowest BCUT2D eigenvalue weighted by atomic mass is 10.2. The van der Waals surface area contributed by atoms with E-state index in [2.05, 4.69) is 27.5 Å². The lowest BCUT2D eigenvalue weighted by Gasteiger charge is -2.14. The fourth-order valence-corrected chi connectivity index (χ4v) is 2.04. The Morgan fingerprint density at radius 3 is 2.78 bits per heavy atom. The molecule has 0 saturated carbocycles. The predicted octanol–water partition coefficient (Wildman–Crippen LogP) is 4.06. The number of nitrogens with zero attached hydrogens (tertiary/aromatic N) is 2. The number of hydrogen-bond donors (Lipinski definition) is 0. The quantitative estimate of drug-likeness (QED) is 0.352. The van der Waals surface area contributed by atoms with Crippen molar-refractivity contribution in [2.75, 3.05) is 6.54 Å². The van der Waals surface area contributed by atoms with Crippen molar-refractivity contribution < 1.29 is 8.78 Å². The number of halogens is 3. The Hall–Kier alpha value is -1.49. The average molecular weight is 313 g/mol. The van der Waals surface area contributed by atoms with E-state index < -0.39 is 4.83 Å². The maximum absolute atomic E-state index is 13.5. The normalized spacial score (nSPS) is 12.9. The number of para-hydroxylation sites is 1. The smallest absolute Gasteiger partial charge is 0.299 e. The maximum Gasteiger partial charge on any atom is 0.358 e. The van der Waals surface area contributed by atoms with Gasteiger partial charge >= 0.3 is 4.83 Å². The third-order valence-corrected chi connectivity index (χ3v) is 2.81. The third kappa shape index (κ3) is 2.51. The molecule has 0 N–H and O–H groups in total. The van der Waals surface area contributed by atoms with Gasteiger partial charge in [-0.1, -0.05) is 24.3 Å². The molecule has 0 atom stereocenters. The van der Waals surface area contributed by atoms with E-state index in [0.717, 1.165) is 5.39 Å². The lowest BCUT2D eigenvalue weighted by Crippen LogP contribution is -2.28. The Morgan fingerprint density at radius 1 is 1.39 bits per heavy atom. The summed E-state index contributed by atoms with van der Waals surface area (Å²) < 4.78 is 28.4. The van der Waals surface area contributed by atoms with Gasteiger partial charge in [-0.2, -0.15) is 8.78 Å². The number of aliphatic imine (C=N–C) groups is 1. The Morgan fingerprint density at radius 2 is 2.11 bits per heavy atom. The molecule has 0 unspecified atom stereocenters. The predicted molar refractivity (Wildman–Crippen MR) is 73.7 cm³/mol. The van der Waals surface area contributed by atoms with Crippen LogP contribution >= 0.6 is 15.9 Å². The van der Waals surface area contributed by atoms with Gasteiger partial charge in [0.05, 0.1) is 12.1 Å². The van der Waals surface area contributed by atoms with E-state index >= 15 is 0 Å². The lowest BCUT2D eigenvalue weighted by molar-refractivity contribution is 0.189. The molecule has 0 spiro atoms. The summed E-state index contributed by atoms with van der Waals surface area (Å²) in [5.41, 5.74) is 0.694. The number of aromatic nitrogens is 1. The minimum absolute atomic E-state index is 0.142. The van der Waals surface area contributed by atoms with Crippen LogP contribution in [0.3, 0.4) is 0 Å². The number of fused-ring (bicyclic) bond motifs is 1. The van der Waals surface area contributed by atoms with Crippen molar-refractivity contribution in [2.24, 2.45) is 4.99 Å². The second-order valence-electron chi connectivity index (χ2n) is 3.70. The van der Waals surface area contributed by atoms with E-state index in [1.165, 1.54) is 10.6 Å². The Kier molecular flexibility index (Phi) is 3.61. The number of hydrogen-bond acceptors (Lipinski definition) is 1. The molecular formula is C13H11BrF2N2. The Balaban J connectivity index is 2.58. The molecule has 0 aliphatic heterocycles. The van der Waals surface area contributed by atoms with Crippen molar-refractivity contribution in [3.05, 3.63) is 49.2 Å². The van der Waals surface area contributed by atoms with E-state index in [-0.39, 0.29) is 12.4 Å². The van der Waals surface area contributed by atoms with E-state index in [9.17, 15) is 8.78 Å². The van der Waals surface area contributed by atoms with E-state index in [1.54, 1.807) is 24.4 Å². The topological polar surface area (TPSA) is 17.3 Å². The molecular weight excluding hydrogens is 302 g/mol. The fourth-order valence-electron chi connectivity index (χ4n) is 1.72. The first-order valence-electron chi connectivity index (χ1n) is 5.33. The van der Waals surface area contributed by atoms with Crippen LogP contribution in [0.5, 0.6) is 0 Å². The van der Waals surface area contributed by atoms with Gasteiger partial charge in [0.25, 0.3) is 0 Å². The molecule has 0 aliphatic carbocycles. The van der Waals surface area contributed by atoms with Crippen LogP contribution in [0.1, 0.15) is 0 Å². The summed E-state index contributed by atoms with van der Waals surface area (Å²) in [7, 11) is 0. The Labute approximate surface area is 112 Å². The van der Waals surface area contributed by atoms with Crippen LogP contribution in [0.4, 0.5) is 8.78 Å². The minimum Gasteiger partial charge on any atom is -0.299 e. The molecule has 0 fully saturated rings. The number of rotatable bonds is 3. The first-order chi connectivity index (χ1) is 8.54. The fraction of sp³-hybridized carbons (Fsp3) is 0.154. The second kappa shape index (κ2) is 5.02. The molecule has 5 heteroatoms. The highest BCUT2D eigenvalue weighted by atomic mass is 79.9. The van der Waals surface area contributed by atoms with Gasteiger partial charge in [0.1, 0.15) is 0 Å². The standard InChI is InChI=1S/C13H11BrF2N2/c1-2-8-17-12(13(14,15)16)18-9-7-10-5-3-4-6-11(10)18/h2-7,9H,1,8H2. The van der Waals surface area contributed by atoms with Crippen LogP contribution in [-0.4, -0.2) is 21.8 Å². The zero-order chi connectivity index (χ0) is 13.2. The zero-order valence-corrected chi connectivity index (χ0v) is 11.1. The van der Waals surface area contributed by atoms with Crippen LogP contribution in [0, 0.1) is 0 Å². The van der Waals surface area contributed by atoms with Crippen molar-refractivity contribution >= 4 is 32.7 Å². The number of benzene rings is 1. The highest BCUT2D eigenvalue weighted by Gasteiger charge is 2.34. The van der Waals surface area contributed by atoms with E-state index in [4.69, 9.17) is 0 Å². The van der Waals surface area contributed by atoms with E-state index in [1.807, 2.05) is 12.1 Å². The van der Waals surface area contributed by atoms with Gasteiger partial charge in [-0.15, -0.1) is 6.58 Å². The van der Waals surface area contributed by atoms with Gasteiger partial charge in [0.2, 0.25) is 0 Å². The summed E-state index contributed by atoms with van der Waals surface area (Å²) in [4.78, 5) is 0.688. The van der Waals surface area contributed by atoms with Gasteiger partial charge in [-0.3, -0.25) is 9.56 Å². The van der Waals surface area contributed by atoms with E-state index in [0.29, 0.717) is 5.52 Å². The molecule has 2 nitrogen and oxygen atoms in total. The summed E-state index contributed by atoms with van der Waals surface area (Å²) in [5.74, 6) is -0.344. The minimum atomic E-state index is -3.18. The SMILES string of the molecule is C=CCN=C(n1ccc2ccccc21)C(F)(F)Br. The second-order valence-corrected chi connectivity index (χ2v) is 4.69. The highest BCUT2D eigenvalue weighted by molar-refractivity contribution is 9.10. The molecule has 0 aliphatic rings. The third-order valence-electron chi connectivity index (χ3n) is 2.45. The van der Waals surface area contributed by atoms with Crippen molar-refractivity contribution in [3.8, 4) is 0 Å². The van der Waals surface area contributed by atoms with Crippen molar-refractivity contribution in [1.29, 1.82) is 0 Å². The molecule has 0 bridgehead atoms. The highest BCUT2D eigenvalue weighted by Crippen LogP contribution is 2.27. The maximum atomic E-state index is 13.5. The molecule has 94 valence electrons. The zero-order valence-electron chi connectivity index (χ0n) is 9.48. The molecule has 0 amide bonds. The van der Waals surface area contributed by atoms with Crippen LogP contribution in [0.15, 0.2) is 54.2 Å². The van der Waals surface area contributed by atoms with Crippen molar-refractivity contribution in [1.82, 2.24) is 4.57 Å². The molecule has 0 radical (unpaired) electrons. The van der Waals surface area contributed by atoms with Crippen molar-refractivity contribution in [2.45, 2.75) is 4.83 Å². The molecule has 1 aromatic heterocycles. The van der Waals surface area contributed by atoms with Gasteiger partial charge < -0.3 is 0 Å². The largest absolute Gasteiger partial charge is 0.358 e. The van der Waals surface area contributed by atoms with Crippen LogP contribution in [-0.2, 0) is 0 Å². The molecule has 2 aromatic rings. The Bertz CT molecular complexity index is 596. The summed E-state index contributed by atoms with van der Waals surface area (Å²) >= 11 is 2.36. The molecule has 0 saturated heterocycles. The molecule has 1 heterocycles. The van der Waals surface area contributed by atoms with Crippen LogP contribution < -0.4 is 0 Å². The number of alkyl halides is 3. The first-order valence-corrected chi connectivity index (χ1v) is 6.12. The summed E-state index contributed by atoms with van der Waals surface area (Å²) in [6, 6.07) is 9.08. The van der Waals surface area contributed by atoms with Gasteiger partial charge in [0, 0.05) is 6.20 Å². The van der Waals surface area contributed by atoms with Gasteiger partial charge in [-0.05, 0) is 33.4 Å². The van der Waals surface area contributed by atoms with Gasteiger partial charge in [0.15, 0.2) is 5.84 Å².